The van der Waals surface area contributed by atoms with Gasteiger partial charge in [0.15, 0.2) is 0 Å². The highest BCUT2D eigenvalue weighted by Gasteiger charge is 2.38. The van der Waals surface area contributed by atoms with Gasteiger partial charge >= 0.3 is 0 Å². The summed E-state index contributed by atoms with van der Waals surface area (Å²) in [6.07, 6.45) is 4.21. The molecule has 1 atom stereocenters. The van der Waals surface area contributed by atoms with Gasteiger partial charge in [0.05, 0.1) is 0 Å². The first kappa shape index (κ1) is 11.7. The monoisotopic (exact) mass is 198 g/mol. The Morgan fingerprint density at radius 1 is 1.43 bits per heavy atom. The second-order valence-electron chi connectivity index (χ2n) is 4.61. The predicted molar refractivity (Wildman–Crippen MR) is 57.2 cm³/mol. The molecule has 0 bridgehead atoms. The van der Waals surface area contributed by atoms with Gasteiger partial charge in [-0.05, 0) is 32.1 Å². The van der Waals surface area contributed by atoms with Crippen molar-refractivity contribution in [1.29, 1.82) is 0 Å². The normalized spacial score (nSPS) is 23.1. The van der Waals surface area contributed by atoms with Gasteiger partial charge in [-0.1, -0.05) is 20.3 Å². The maximum atomic E-state index is 11.7. The van der Waals surface area contributed by atoms with Gasteiger partial charge in [0.2, 0.25) is 0 Å². The molecule has 1 rings (SSSR count). The Morgan fingerprint density at radius 2 is 2.00 bits per heavy atom. The van der Waals surface area contributed by atoms with Crippen molar-refractivity contribution in [1.82, 2.24) is 0 Å². The van der Waals surface area contributed by atoms with Gasteiger partial charge in [-0.15, -0.1) is 0 Å². The van der Waals surface area contributed by atoms with Crippen LogP contribution in [0.2, 0.25) is 0 Å². The number of ketones is 1. The molecule has 82 valence electrons. The first-order valence-corrected chi connectivity index (χ1v) is 5.70. The molecule has 1 unspecified atom stereocenters. The van der Waals surface area contributed by atoms with Crippen LogP contribution < -0.4 is 0 Å². The molecule has 1 aliphatic heterocycles. The minimum atomic E-state index is -0.0987. The van der Waals surface area contributed by atoms with Crippen LogP contribution in [0.5, 0.6) is 0 Å². The molecular formula is C12H22O2. The van der Waals surface area contributed by atoms with E-state index in [0.29, 0.717) is 11.7 Å². The molecule has 1 heterocycles. The molecule has 0 radical (unpaired) electrons. The molecular weight excluding hydrogens is 176 g/mol. The van der Waals surface area contributed by atoms with Crippen LogP contribution in [0.25, 0.3) is 0 Å². The van der Waals surface area contributed by atoms with Crippen LogP contribution in [0.15, 0.2) is 0 Å². The van der Waals surface area contributed by atoms with Crippen LogP contribution in [0.3, 0.4) is 0 Å². The van der Waals surface area contributed by atoms with E-state index in [-0.39, 0.29) is 5.41 Å². The number of carbonyl (C=O) groups excluding carboxylic acids is 1. The van der Waals surface area contributed by atoms with Crippen LogP contribution in [0.4, 0.5) is 0 Å². The third-order valence-corrected chi connectivity index (χ3v) is 3.70. The predicted octanol–water partition coefficient (Wildman–Crippen LogP) is 2.81. The largest absolute Gasteiger partial charge is 0.381 e. The third-order valence-electron chi connectivity index (χ3n) is 3.70. The molecule has 0 aromatic rings. The fraction of sp³-hybridized carbons (Fsp3) is 0.917. The van der Waals surface area contributed by atoms with E-state index in [0.717, 1.165) is 38.9 Å². The minimum Gasteiger partial charge on any atom is -0.381 e. The lowest BCUT2D eigenvalue weighted by Gasteiger charge is -2.37. The lowest BCUT2D eigenvalue weighted by atomic mass is 9.68. The maximum Gasteiger partial charge on any atom is 0.135 e. The van der Waals surface area contributed by atoms with E-state index < -0.39 is 0 Å². The summed E-state index contributed by atoms with van der Waals surface area (Å²) in [5, 5.41) is 0. The average Bonchev–Trinajstić information content (AvgIpc) is 2.19. The number of ether oxygens (including phenoxy) is 1. The van der Waals surface area contributed by atoms with E-state index in [2.05, 4.69) is 13.8 Å². The molecule has 0 N–H and O–H groups in total. The molecule has 0 aromatic carbocycles. The van der Waals surface area contributed by atoms with Crippen molar-refractivity contribution in [2.75, 3.05) is 13.2 Å². The highest BCUT2D eigenvalue weighted by atomic mass is 16.5. The van der Waals surface area contributed by atoms with Crippen molar-refractivity contribution < 1.29 is 9.53 Å². The van der Waals surface area contributed by atoms with E-state index in [1.165, 1.54) is 0 Å². The summed E-state index contributed by atoms with van der Waals surface area (Å²) in [6.45, 7) is 7.69. The van der Waals surface area contributed by atoms with Gasteiger partial charge in [-0.25, -0.2) is 0 Å². The molecule has 2 nitrogen and oxygen atoms in total. The standard InChI is InChI=1S/C12H22O2/c1-4-7-12(3,10(2)13)11-5-8-14-9-6-11/h11H,4-9H2,1-3H3. The minimum absolute atomic E-state index is 0.0987. The first-order valence-electron chi connectivity index (χ1n) is 5.70. The number of hydrogen-bond donors (Lipinski definition) is 0. The van der Waals surface area contributed by atoms with E-state index in [1.807, 2.05) is 0 Å². The van der Waals surface area contributed by atoms with Crippen LogP contribution in [0, 0.1) is 11.3 Å². The van der Waals surface area contributed by atoms with E-state index in [1.54, 1.807) is 6.92 Å². The van der Waals surface area contributed by atoms with Crippen molar-refractivity contribution in [2.45, 2.75) is 46.5 Å². The fourth-order valence-corrected chi connectivity index (χ4v) is 2.52. The molecule has 1 aliphatic rings. The molecule has 2 heteroatoms. The molecule has 0 saturated carbocycles. The summed E-state index contributed by atoms with van der Waals surface area (Å²) in [5.74, 6) is 0.889. The second kappa shape index (κ2) is 4.92. The Balaban J connectivity index is 2.69. The number of rotatable bonds is 4. The van der Waals surface area contributed by atoms with Crippen molar-refractivity contribution in [3.05, 3.63) is 0 Å². The summed E-state index contributed by atoms with van der Waals surface area (Å²) >= 11 is 0. The van der Waals surface area contributed by atoms with Crippen molar-refractivity contribution in [3.8, 4) is 0 Å². The Hall–Kier alpha value is -0.370. The summed E-state index contributed by atoms with van der Waals surface area (Å²) in [4.78, 5) is 11.7. The van der Waals surface area contributed by atoms with Gasteiger partial charge in [0.1, 0.15) is 5.78 Å². The van der Waals surface area contributed by atoms with Crippen molar-refractivity contribution >= 4 is 5.78 Å². The molecule has 0 aromatic heterocycles. The zero-order valence-electron chi connectivity index (χ0n) is 9.64. The number of carbonyl (C=O) groups is 1. The van der Waals surface area contributed by atoms with E-state index >= 15 is 0 Å². The molecule has 1 saturated heterocycles. The molecule has 14 heavy (non-hydrogen) atoms. The maximum absolute atomic E-state index is 11.7. The summed E-state index contributed by atoms with van der Waals surface area (Å²) in [6, 6.07) is 0. The second-order valence-corrected chi connectivity index (χ2v) is 4.61. The van der Waals surface area contributed by atoms with Gasteiger partial charge < -0.3 is 4.74 Å². The molecule has 1 fully saturated rings. The average molecular weight is 198 g/mol. The lowest BCUT2D eigenvalue weighted by molar-refractivity contribution is -0.131. The molecule has 0 amide bonds. The zero-order valence-corrected chi connectivity index (χ0v) is 9.64. The Labute approximate surface area is 87.0 Å². The molecule has 0 aliphatic carbocycles. The Kier molecular flexibility index (Phi) is 4.11. The van der Waals surface area contributed by atoms with Crippen LogP contribution >= 0.6 is 0 Å². The van der Waals surface area contributed by atoms with Gasteiger partial charge in [-0.2, -0.15) is 0 Å². The van der Waals surface area contributed by atoms with Gasteiger partial charge in [-0.3, -0.25) is 4.79 Å². The van der Waals surface area contributed by atoms with Crippen molar-refractivity contribution in [3.63, 3.8) is 0 Å². The Morgan fingerprint density at radius 3 is 2.43 bits per heavy atom. The highest BCUT2D eigenvalue weighted by molar-refractivity contribution is 5.82. The van der Waals surface area contributed by atoms with E-state index in [4.69, 9.17) is 4.74 Å². The first-order chi connectivity index (χ1) is 6.61. The van der Waals surface area contributed by atoms with Gasteiger partial charge in [0.25, 0.3) is 0 Å². The Bertz CT molecular complexity index is 194. The smallest absolute Gasteiger partial charge is 0.135 e. The summed E-state index contributed by atoms with van der Waals surface area (Å²) < 4.78 is 5.34. The quantitative estimate of drug-likeness (QED) is 0.694. The summed E-state index contributed by atoms with van der Waals surface area (Å²) in [7, 11) is 0. The zero-order chi connectivity index (χ0) is 10.6. The number of Topliss-reactive ketones (excluding diaryl/α,β-unsaturated/α-hetero) is 1. The highest BCUT2D eigenvalue weighted by Crippen LogP contribution is 2.39. The third kappa shape index (κ3) is 2.35. The van der Waals surface area contributed by atoms with Crippen LogP contribution in [-0.2, 0) is 9.53 Å². The van der Waals surface area contributed by atoms with Crippen LogP contribution in [-0.4, -0.2) is 19.0 Å². The molecule has 0 spiro atoms. The van der Waals surface area contributed by atoms with Crippen molar-refractivity contribution in [2.24, 2.45) is 11.3 Å². The van der Waals surface area contributed by atoms with Crippen LogP contribution in [0.1, 0.15) is 46.5 Å². The topological polar surface area (TPSA) is 26.3 Å². The number of hydrogen-bond acceptors (Lipinski definition) is 2. The van der Waals surface area contributed by atoms with Gasteiger partial charge in [0, 0.05) is 18.6 Å². The fourth-order valence-electron chi connectivity index (χ4n) is 2.52. The van der Waals surface area contributed by atoms with E-state index in [9.17, 15) is 4.79 Å². The SMILES string of the molecule is CCCC(C)(C(C)=O)C1CCOCC1. The lowest BCUT2D eigenvalue weighted by Crippen LogP contribution is -2.37. The summed E-state index contributed by atoms with van der Waals surface area (Å²) in [5.41, 5.74) is -0.0987.